The lowest BCUT2D eigenvalue weighted by Gasteiger charge is -2.33. The fourth-order valence-electron chi connectivity index (χ4n) is 5.04. The molecule has 4 rings (SSSR count). The highest BCUT2D eigenvalue weighted by Crippen LogP contribution is 2.41. The van der Waals surface area contributed by atoms with Crippen LogP contribution in [0.3, 0.4) is 0 Å². The van der Waals surface area contributed by atoms with Crippen molar-refractivity contribution in [2.24, 2.45) is 5.73 Å². The lowest BCUT2D eigenvalue weighted by molar-refractivity contribution is -0.125. The van der Waals surface area contributed by atoms with E-state index in [1.54, 1.807) is 12.1 Å². The van der Waals surface area contributed by atoms with Crippen LogP contribution < -0.4 is 20.9 Å². The zero-order valence-corrected chi connectivity index (χ0v) is 22.8. The highest BCUT2D eigenvalue weighted by Gasteiger charge is 2.41. The van der Waals surface area contributed by atoms with Crippen LogP contribution in [0.25, 0.3) is 0 Å². The van der Waals surface area contributed by atoms with Crippen LogP contribution in [-0.2, 0) is 9.59 Å². The number of fused-ring (bicyclic) bond motifs is 1. The molecule has 2 atom stereocenters. The van der Waals surface area contributed by atoms with Gasteiger partial charge in [-0.2, -0.15) is 0 Å². The molecule has 0 spiro atoms. The van der Waals surface area contributed by atoms with Gasteiger partial charge >= 0.3 is 6.03 Å². The van der Waals surface area contributed by atoms with Gasteiger partial charge in [0.15, 0.2) is 0 Å². The third-order valence-electron chi connectivity index (χ3n) is 6.51. The number of nitrogens with zero attached hydrogens (tertiary/aromatic N) is 2. The number of aryl methyl sites for hydroxylation is 1. The fourth-order valence-corrected chi connectivity index (χ4v) is 5.23. The van der Waals surface area contributed by atoms with Crippen molar-refractivity contribution in [3.8, 4) is 0 Å². The monoisotopic (exact) mass is 532 g/mol. The summed E-state index contributed by atoms with van der Waals surface area (Å²) < 4.78 is 0. The molecule has 0 fully saturated rings. The summed E-state index contributed by atoms with van der Waals surface area (Å²) in [4.78, 5) is 43.2. The SMILES string of the molecule is Cc1cccc(N(C(N)=O)C2CC(c3cccc(Cl)c3)c3ccccc3N(CC(=O)NC(C)(C)C)C2=O)c1. The van der Waals surface area contributed by atoms with E-state index in [-0.39, 0.29) is 30.7 Å². The molecule has 0 bridgehead atoms. The van der Waals surface area contributed by atoms with Crippen molar-refractivity contribution in [3.63, 3.8) is 0 Å². The quantitative estimate of drug-likeness (QED) is 0.461. The van der Waals surface area contributed by atoms with Gasteiger partial charge < -0.3 is 16.0 Å². The number of anilines is 2. The molecule has 0 radical (unpaired) electrons. The van der Waals surface area contributed by atoms with Crippen LogP contribution in [-0.4, -0.2) is 36.0 Å². The molecule has 7 nitrogen and oxygen atoms in total. The van der Waals surface area contributed by atoms with Gasteiger partial charge in [0.05, 0.1) is 0 Å². The summed E-state index contributed by atoms with van der Waals surface area (Å²) in [6.07, 6.45) is 0.254. The molecule has 1 aliphatic heterocycles. The Bertz CT molecular complexity index is 1370. The van der Waals surface area contributed by atoms with Crippen LogP contribution in [0, 0.1) is 6.92 Å². The topological polar surface area (TPSA) is 95.7 Å². The van der Waals surface area contributed by atoms with E-state index in [2.05, 4.69) is 5.32 Å². The standard InChI is InChI=1S/C30H33ClN4O3/c1-19-9-7-12-22(15-19)35(29(32)38)26-17-24(20-10-8-11-21(31)16-20)23-13-5-6-14-25(23)34(28(26)37)18-27(36)33-30(2,3)4/h5-16,24,26H,17-18H2,1-4H3,(H2,32,38)(H,33,36). The lowest BCUT2D eigenvalue weighted by Crippen LogP contribution is -2.55. The summed E-state index contributed by atoms with van der Waals surface area (Å²) in [6, 6.07) is 20.6. The van der Waals surface area contributed by atoms with Crippen LogP contribution in [0.5, 0.6) is 0 Å². The van der Waals surface area contributed by atoms with Gasteiger partial charge in [-0.3, -0.25) is 14.5 Å². The third kappa shape index (κ3) is 6.00. The Morgan fingerprint density at radius 1 is 1.05 bits per heavy atom. The van der Waals surface area contributed by atoms with Gasteiger partial charge in [-0.15, -0.1) is 0 Å². The maximum atomic E-state index is 14.3. The molecule has 8 heteroatoms. The fraction of sp³-hybridized carbons (Fsp3) is 0.300. The molecule has 0 saturated carbocycles. The van der Waals surface area contributed by atoms with E-state index < -0.39 is 17.6 Å². The molecule has 3 aromatic carbocycles. The second kappa shape index (κ2) is 10.9. The Labute approximate surface area is 228 Å². The first-order valence-electron chi connectivity index (χ1n) is 12.6. The van der Waals surface area contributed by atoms with Gasteiger partial charge in [-0.1, -0.05) is 54.1 Å². The number of hydrogen-bond donors (Lipinski definition) is 2. The third-order valence-corrected chi connectivity index (χ3v) is 6.74. The van der Waals surface area contributed by atoms with E-state index in [0.717, 1.165) is 16.7 Å². The molecule has 1 heterocycles. The number of benzene rings is 3. The van der Waals surface area contributed by atoms with E-state index in [0.29, 0.717) is 16.4 Å². The van der Waals surface area contributed by atoms with Crippen LogP contribution in [0.2, 0.25) is 5.02 Å². The first-order chi connectivity index (χ1) is 17.9. The molecule has 38 heavy (non-hydrogen) atoms. The summed E-state index contributed by atoms with van der Waals surface area (Å²) in [5.41, 5.74) is 9.26. The molecular formula is C30H33ClN4O3. The highest BCUT2D eigenvalue weighted by atomic mass is 35.5. The van der Waals surface area contributed by atoms with Crippen LogP contribution >= 0.6 is 11.6 Å². The van der Waals surface area contributed by atoms with Gasteiger partial charge in [-0.25, -0.2) is 4.79 Å². The largest absolute Gasteiger partial charge is 0.351 e. The number of halogens is 1. The molecule has 1 aliphatic rings. The van der Waals surface area contributed by atoms with Crippen molar-refractivity contribution in [3.05, 3.63) is 94.5 Å². The van der Waals surface area contributed by atoms with Gasteiger partial charge in [0.2, 0.25) is 5.91 Å². The second-order valence-electron chi connectivity index (χ2n) is 10.7. The van der Waals surface area contributed by atoms with Gasteiger partial charge in [0.1, 0.15) is 12.6 Å². The predicted molar refractivity (Wildman–Crippen MR) is 152 cm³/mol. The molecule has 4 amide bonds. The van der Waals surface area contributed by atoms with Crippen molar-refractivity contribution in [2.75, 3.05) is 16.3 Å². The van der Waals surface area contributed by atoms with E-state index in [9.17, 15) is 14.4 Å². The average molecular weight is 533 g/mol. The molecule has 2 unspecified atom stereocenters. The van der Waals surface area contributed by atoms with Crippen molar-refractivity contribution >= 4 is 40.8 Å². The minimum absolute atomic E-state index is 0.202. The van der Waals surface area contributed by atoms with Crippen LogP contribution in [0.4, 0.5) is 16.2 Å². The predicted octanol–water partition coefficient (Wildman–Crippen LogP) is 5.39. The Kier molecular flexibility index (Phi) is 7.78. The number of primary amides is 1. The maximum absolute atomic E-state index is 14.3. The van der Waals surface area contributed by atoms with E-state index >= 15 is 0 Å². The number of carbonyl (C=O) groups is 3. The molecule has 0 aliphatic carbocycles. The maximum Gasteiger partial charge on any atom is 0.320 e. The molecular weight excluding hydrogens is 500 g/mol. The smallest absolute Gasteiger partial charge is 0.320 e. The van der Waals surface area contributed by atoms with E-state index in [1.807, 2.05) is 88.4 Å². The normalized spacial score (nSPS) is 17.4. The average Bonchev–Trinajstić information content (AvgIpc) is 2.94. The summed E-state index contributed by atoms with van der Waals surface area (Å²) in [5.74, 6) is -0.977. The highest BCUT2D eigenvalue weighted by molar-refractivity contribution is 6.30. The second-order valence-corrected chi connectivity index (χ2v) is 11.1. The Morgan fingerprint density at radius 3 is 2.42 bits per heavy atom. The number of carbonyl (C=O) groups excluding carboxylic acids is 3. The number of amides is 4. The van der Waals surface area contributed by atoms with Crippen molar-refractivity contribution < 1.29 is 14.4 Å². The minimum atomic E-state index is -0.965. The number of hydrogen-bond acceptors (Lipinski definition) is 3. The zero-order chi connectivity index (χ0) is 27.6. The molecule has 3 aromatic rings. The molecule has 198 valence electrons. The van der Waals surface area contributed by atoms with Crippen molar-refractivity contribution in [2.45, 2.75) is 51.6 Å². The van der Waals surface area contributed by atoms with Gasteiger partial charge in [0.25, 0.3) is 5.91 Å². The van der Waals surface area contributed by atoms with E-state index in [4.69, 9.17) is 17.3 Å². The summed E-state index contributed by atoms with van der Waals surface area (Å²) in [6.45, 7) is 7.35. The number of urea groups is 1. The number of nitrogens with one attached hydrogen (secondary N) is 1. The Hall–Kier alpha value is -3.84. The zero-order valence-electron chi connectivity index (χ0n) is 22.1. The lowest BCUT2D eigenvalue weighted by atomic mass is 9.85. The molecule has 3 N–H and O–H groups in total. The summed E-state index contributed by atoms with van der Waals surface area (Å²) in [7, 11) is 0. The number of para-hydroxylation sites is 1. The van der Waals surface area contributed by atoms with Gasteiger partial charge in [0, 0.05) is 27.9 Å². The Morgan fingerprint density at radius 2 is 1.76 bits per heavy atom. The molecule has 0 saturated heterocycles. The first-order valence-corrected chi connectivity index (χ1v) is 12.9. The van der Waals surface area contributed by atoms with Crippen molar-refractivity contribution in [1.29, 1.82) is 0 Å². The summed E-state index contributed by atoms with van der Waals surface area (Å²) in [5, 5.41) is 3.51. The first kappa shape index (κ1) is 27.2. The van der Waals surface area contributed by atoms with E-state index in [1.165, 1.54) is 9.80 Å². The minimum Gasteiger partial charge on any atom is -0.351 e. The van der Waals surface area contributed by atoms with Gasteiger partial charge in [-0.05, 0) is 81.1 Å². The number of rotatable bonds is 5. The number of nitrogens with two attached hydrogens (primary N) is 1. The molecule has 0 aromatic heterocycles. The van der Waals surface area contributed by atoms with Crippen molar-refractivity contribution in [1.82, 2.24) is 5.32 Å². The van der Waals surface area contributed by atoms with Crippen LogP contribution in [0.1, 0.15) is 49.8 Å². The Balaban J connectivity index is 1.89. The van der Waals surface area contributed by atoms with Crippen LogP contribution in [0.15, 0.2) is 72.8 Å². The summed E-state index contributed by atoms with van der Waals surface area (Å²) >= 11 is 6.37.